The molecule has 0 saturated carbocycles. The highest BCUT2D eigenvalue weighted by Gasteiger charge is 2.60. The number of carbonyl (C=O) groups is 4. The van der Waals surface area contributed by atoms with Crippen molar-refractivity contribution in [3.05, 3.63) is 103 Å². The number of benzene rings is 2. The van der Waals surface area contributed by atoms with E-state index in [-0.39, 0.29) is 61.1 Å². The van der Waals surface area contributed by atoms with Gasteiger partial charge in [-0.25, -0.2) is 14.4 Å². The van der Waals surface area contributed by atoms with E-state index in [0.717, 1.165) is 0 Å². The summed E-state index contributed by atoms with van der Waals surface area (Å²) in [5.74, 6) is -2.32. The van der Waals surface area contributed by atoms with Crippen LogP contribution in [0.5, 0.6) is 0 Å². The largest absolute Gasteiger partial charge is 0.456 e. The second kappa shape index (κ2) is 16.2. The van der Waals surface area contributed by atoms with Gasteiger partial charge in [-0.05, 0) is 48.7 Å². The molecule has 2 saturated heterocycles. The number of β-lactam (4-membered cyclic amide) rings is 1. The third-order valence-corrected chi connectivity index (χ3v) is 10.5. The van der Waals surface area contributed by atoms with E-state index in [4.69, 9.17) is 14.2 Å². The smallest absolute Gasteiger partial charge is 0.410 e. The van der Waals surface area contributed by atoms with Crippen molar-refractivity contribution in [1.82, 2.24) is 15.1 Å². The highest BCUT2D eigenvalue weighted by Crippen LogP contribution is 2.52. The van der Waals surface area contributed by atoms with Gasteiger partial charge in [0.1, 0.15) is 25.5 Å². The summed E-state index contributed by atoms with van der Waals surface area (Å²) in [5.41, 5.74) is 0.819. The number of ether oxygens (including phenoxy) is 3. The molecule has 17 nitrogen and oxygen atoms in total. The van der Waals surface area contributed by atoms with Gasteiger partial charge in [-0.3, -0.25) is 25.0 Å². The maximum Gasteiger partial charge on any atom is 0.410 e. The maximum absolute atomic E-state index is 13.7. The van der Waals surface area contributed by atoms with Gasteiger partial charge in [-0.1, -0.05) is 19.6 Å². The molecule has 0 bridgehead atoms. The van der Waals surface area contributed by atoms with Crippen molar-refractivity contribution in [1.29, 1.82) is 0 Å². The van der Waals surface area contributed by atoms with E-state index in [1.54, 1.807) is 0 Å². The molecule has 3 aliphatic rings. The van der Waals surface area contributed by atoms with Crippen LogP contribution in [0.25, 0.3) is 0 Å². The third-order valence-electron chi connectivity index (χ3n) is 9.05. The maximum atomic E-state index is 13.7. The van der Waals surface area contributed by atoms with Crippen LogP contribution in [-0.4, -0.2) is 91.9 Å². The Hall–Kier alpha value is -5.49. The Labute approximate surface area is 301 Å². The number of likely N-dealkylation sites (tertiary alicyclic amines) is 1. The number of nitro groups is 2. The standard InChI is InChI=1S/C34H37N5O12S/c1-4-13-49-33(43)35-15-25-14-26(16-36(25)34(44)51-18-22-7-11-24(12-8-22)39(47)48)52-30-19(2)28-27(20(3)40)31(41)37(28)29(30)32(42)50-17-21-5-9-23(10-6-21)38(45)46/h4-12,19-20,25-28,40H,1,13-18H2,2-3H3,(H,35,43)/t19-,20-,25+,26+,27-,28-/m1/s1. The number of rotatable bonds is 14. The van der Waals surface area contributed by atoms with Crippen molar-refractivity contribution in [3.8, 4) is 0 Å². The molecule has 2 aromatic rings. The summed E-state index contributed by atoms with van der Waals surface area (Å²) < 4.78 is 16.2. The minimum atomic E-state index is -0.971. The number of carbonyl (C=O) groups excluding carboxylic acids is 4. The van der Waals surface area contributed by atoms with Crippen molar-refractivity contribution in [2.24, 2.45) is 11.8 Å². The van der Waals surface area contributed by atoms with E-state index >= 15 is 0 Å². The van der Waals surface area contributed by atoms with E-state index in [1.165, 1.54) is 83.1 Å². The van der Waals surface area contributed by atoms with Crippen LogP contribution < -0.4 is 5.32 Å². The lowest BCUT2D eigenvalue weighted by atomic mass is 9.79. The summed E-state index contributed by atoms with van der Waals surface area (Å²) in [4.78, 5) is 76.8. The van der Waals surface area contributed by atoms with Gasteiger partial charge in [0, 0.05) is 53.4 Å². The molecular formula is C34H37N5O12S. The number of nitrogens with one attached hydrogen (secondary N) is 1. The number of nitrogens with zero attached hydrogens (tertiary/aromatic N) is 4. The molecule has 0 unspecified atom stereocenters. The van der Waals surface area contributed by atoms with Gasteiger partial charge in [0.05, 0.1) is 34.0 Å². The quantitative estimate of drug-likeness (QED) is 0.0698. The van der Waals surface area contributed by atoms with Crippen LogP contribution in [0.1, 0.15) is 31.4 Å². The van der Waals surface area contributed by atoms with Crippen LogP contribution in [0.2, 0.25) is 0 Å². The summed E-state index contributed by atoms with van der Waals surface area (Å²) in [6, 6.07) is 9.99. The Bertz CT molecular complexity index is 1770. The average Bonchev–Trinajstić information content (AvgIpc) is 3.63. The summed E-state index contributed by atoms with van der Waals surface area (Å²) in [6.07, 6.45) is -0.630. The lowest BCUT2D eigenvalue weighted by Gasteiger charge is -2.46. The van der Waals surface area contributed by atoms with Crippen molar-refractivity contribution in [3.63, 3.8) is 0 Å². The van der Waals surface area contributed by atoms with Gasteiger partial charge in [0.15, 0.2) is 0 Å². The zero-order chi connectivity index (χ0) is 37.7. The SMILES string of the molecule is C=CCOC(=O)NC[C@@H]1C[C@H](SC2=C(C(=O)OCc3ccc([N+](=O)[O-])cc3)N3C(=O)[C@H]([C@@H](C)O)[C@H]3[C@H]2C)CN1C(=O)OCc1ccc([N+](=O)[O-])cc1. The van der Waals surface area contributed by atoms with Crippen LogP contribution in [-0.2, 0) is 37.0 Å². The molecule has 52 heavy (non-hydrogen) atoms. The first-order valence-corrected chi connectivity index (χ1v) is 17.2. The van der Waals surface area contributed by atoms with Crippen molar-refractivity contribution >= 4 is 47.2 Å². The first kappa shape index (κ1) is 37.8. The first-order valence-electron chi connectivity index (χ1n) is 16.3. The lowest BCUT2D eigenvalue weighted by Crippen LogP contribution is -2.63. The van der Waals surface area contributed by atoms with Crippen molar-refractivity contribution < 1.29 is 48.3 Å². The van der Waals surface area contributed by atoms with Gasteiger partial charge in [-0.15, -0.1) is 11.8 Å². The van der Waals surface area contributed by atoms with Gasteiger partial charge in [-0.2, -0.15) is 0 Å². The van der Waals surface area contributed by atoms with Gasteiger partial charge < -0.3 is 34.4 Å². The summed E-state index contributed by atoms with van der Waals surface area (Å²) in [6.45, 7) is 6.61. The number of non-ortho nitro benzene ring substituents is 2. The van der Waals surface area contributed by atoms with Crippen LogP contribution in [0, 0.1) is 32.1 Å². The van der Waals surface area contributed by atoms with Gasteiger partial charge in [0.2, 0.25) is 5.91 Å². The molecule has 0 aromatic heterocycles. The molecule has 18 heteroatoms. The van der Waals surface area contributed by atoms with Crippen molar-refractivity contribution in [2.45, 2.75) is 56.9 Å². The molecule has 2 aromatic carbocycles. The number of alkyl carbamates (subject to hydrolysis) is 1. The van der Waals surface area contributed by atoms with E-state index in [9.17, 15) is 44.5 Å². The number of esters is 1. The Balaban J connectivity index is 1.34. The van der Waals surface area contributed by atoms with E-state index in [2.05, 4.69) is 11.9 Å². The molecule has 6 atom stereocenters. The molecule has 0 spiro atoms. The molecule has 0 radical (unpaired) electrons. The molecule has 0 aliphatic carbocycles. The number of nitro benzene ring substituents is 2. The first-order chi connectivity index (χ1) is 24.8. The van der Waals surface area contributed by atoms with Crippen molar-refractivity contribution in [2.75, 3.05) is 19.7 Å². The molecule has 276 valence electrons. The van der Waals surface area contributed by atoms with Crippen LogP contribution >= 0.6 is 11.8 Å². The molecular weight excluding hydrogens is 702 g/mol. The number of thioether (sulfide) groups is 1. The predicted octanol–water partition coefficient (Wildman–Crippen LogP) is 4.04. The van der Waals surface area contributed by atoms with E-state index in [1.807, 2.05) is 6.92 Å². The second-order valence-electron chi connectivity index (χ2n) is 12.5. The average molecular weight is 740 g/mol. The topological polar surface area (TPSA) is 221 Å². The lowest BCUT2D eigenvalue weighted by molar-refractivity contribution is -0.385. The Morgan fingerprint density at radius 3 is 2.13 bits per heavy atom. The Kier molecular flexibility index (Phi) is 11.8. The number of aliphatic hydroxyl groups is 1. The van der Waals surface area contributed by atoms with Crippen LogP contribution in [0.3, 0.4) is 0 Å². The Morgan fingerprint density at radius 2 is 1.60 bits per heavy atom. The van der Waals surface area contributed by atoms with E-state index in [0.29, 0.717) is 22.5 Å². The molecule has 2 N–H and O–H groups in total. The molecule has 2 fully saturated rings. The number of fused-ring (bicyclic) bond motifs is 1. The number of hydrogen-bond acceptors (Lipinski definition) is 13. The highest BCUT2D eigenvalue weighted by atomic mass is 32.2. The third kappa shape index (κ3) is 8.18. The second-order valence-corrected chi connectivity index (χ2v) is 13.8. The fraction of sp³-hybridized carbons (Fsp3) is 0.412. The fourth-order valence-electron chi connectivity index (χ4n) is 6.48. The van der Waals surface area contributed by atoms with Crippen LogP contribution in [0.15, 0.2) is 71.8 Å². The highest BCUT2D eigenvalue weighted by molar-refractivity contribution is 8.03. The zero-order valence-electron chi connectivity index (χ0n) is 28.2. The van der Waals surface area contributed by atoms with Crippen LogP contribution in [0.4, 0.5) is 21.0 Å². The molecule has 3 amide bonds. The fourth-order valence-corrected chi connectivity index (χ4v) is 8.04. The summed E-state index contributed by atoms with van der Waals surface area (Å²) in [5, 5.41) is 34.7. The van der Waals surface area contributed by atoms with E-state index < -0.39 is 58.0 Å². The van der Waals surface area contributed by atoms with Gasteiger partial charge in [0.25, 0.3) is 11.4 Å². The number of amides is 3. The number of aliphatic hydroxyl groups excluding tert-OH is 1. The Morgan fingerprint density at radius 1 is 1.02 bits per heavy atom. The minimum Gasteiger partial charge on any atom is -0.456 e. The zero-order valence-corrected chi connectivity index (χ0v) is 29.1. The molecule has 5 rings (SSSR count). The van der Waals surface area contributed by atoms with Gasteiger partial charge >= 0.3 is 18.2 Å². The molecule has 3 heterocycles. The number of hydrogen-bond donors (Lipinski definition) is 2. The summed E-state index contributed by atoms with van der Waals surface area (Å²) >= 11 is 1.30. The predicted molar refractivity (Wildman–Crippen MR) is 184 cm³/mol. The monoisotopic (exact) mass is 739 g/mol. The molecule has 3 aliphatic heterocycles. The normalized spacial score (nSPS) is 22.6. The minimum absolute atomic E-state index is 0.00967. The summed E-state index contributed by atoms with van der Waals surface area (Å²) in [7, 11) is 0.